The molecule has 0 saturated carbocycles. The molecule has 0 heterocycles. The monoisotopic (exact) mass is 421 g/mol. The van der Waals surface area contributed by atoms with Gasteiger partial charge in [-0.2, -0.15) is 6.07 Å². The molecule has 0 aromatic heterocycles. The Balaban J connectivity index is 0.00000161. The Kier molecular flexibility index (Phi) is 8.92. The predicted molar refractivity (Wildman–Crippen MR) is 88.5 cm³/mol. The Morgan fingerprint density at radius 2 is 1.48 bits per heavy atom. The van der Waals surface area contributed by atoms with Crippen LogP contribution < -0.4 is 24.8 Å². The number of hydrogen-bond donors (Lipinski definition) is 0. The summed E-state index contributed by atoms with van der Waals surface area (Å²) in [5.41, 5.74) is 6.76. The normalized spacial score (nSPS) is 9.96. The van der Waals surface area contributed by atoms with Crippen LogP contribution in [0.3, 0.4) is 0 Å². The first kappa shape index (κ1) is 22.5. The van der Waals surface area contributed by atoms with Crippen LogP contribution in [0.4, 0.5) is 0 Å². The second-order valence-electron chi connectivity index (χ2n) is 6.13. The zero-order chi connectivity index (χ0) is 14.3. The second-order valence-corrected chi connectivity index (χ2v) is 6.13. The van der Waals surface area contributed by atoms with Crippen LogP contribution in [0.2, 0.25) is 0 Å². The maximum Gasteiger partial charge on any atom is 3.00 e. The maximum absolute atomic E-state index is 2.35. The number of hydrogen-bond acceptors (Lipinski definition) is 0. The summed E-state index contributed by atoms with van der Waals surface area (Å²) in [5, 5.41) is 2.73. The van der Waals surface area contributed by atoms with Crippen LogP contribution in [0, 0.1) is 13.8 Å². The average Bonchev–Trinajstić information content (AvgIpc) is 2.81. The van der Waals surface area contributed by atoms with Crippen LogP contribution in [0.15, 0.2) is 48.5 Å². The van der Waals surface area contributed by atoms with Crippen LogP contribution in [-0.4, -0.2) is 0 Å². The second kappa shape index (κ2) is 9.12. The summed E-state index contributed by atoms with van der Waals surface area (Å²) in [6.07, 6.45) is 0. The van der Waals surface area contributed by atoms with Crippen molar-refractivity contribution in [2.45, 2.75) is 33.6 Å². The fourth-order valence-corrected chi connectivity index (χ4v) is 2.97. The minimum Gasteiger partial charge on any atom is -1.00 e. The molecule has 23 heavy (non-hydrogen) atoms. The molecule has 0 atom stereocenters. The zero-order valence-corrected chi connectivity index (χ0v) is 17.9. The molecule has 0 amide bonds. The first-order valence-electron chi connectivity index (χ1n) is 7.32. The van der Waals surface area contributed by atoms with Gasteiger partial charge in [0.1, 0.15) is 0 Å². The summed E-state index contributed by atoms with van der Waals surface area (Å²) in [7, 11) is 0. The van der Waals surface area contributed by atoms with E-state index in [4.69, 9.17) is 0 Å². The van der Waals surface area contributed by atoms with E-state index in [1.807, 2.05) is 0 Å². The van der Waals surface area contributed by atoms with Crippen molar-refractivity contribution in [3.63, 3.8) is 0 Å². The summed E-state index contributed by atoms with van der Waals surface area (Å²) in [6.45, 7) is 8.84. The summed E-state index contributed by atoms with van der Waals surface area (Å²) in [6, 6.07) is 18.1. The molecule has 119 valence electrons. The van der Waals surface area contributed by atoms with Gasteiger partial charge in [0.25, 0.3) is 0 Å². The summed E-state index contributed by atoms with van der Waals surface area (Å²) < 4.78 is 0. The fourth-order valence-electron chi connectivity index (χ4n) is 2.97. The van der Waals surface area contributed by atoms with Crippen molar-refractivity contribution in [3.8, 4) is 11.1 Å². The van der Waals surface area contributed by atoms with Gasteiger partial charge in [-0.3, -0.25) is 0 Å². The number of aryl methyl sites for hydroxylation is 2. The third-order valence-electron chi connectivity index (χ3n) is 3.97. The van der Waals surface area contributed by atoms with Crippen molar-refractivity contribution in [2.24, 2.45) is 0 Å². The van der Waals surface area contributed by atoms with Gasteiger partial charge in [-0.15, -0.1) is 34.5 Å². The van der Waals surface area contributed by atoms with Gasteiger partial charge in [-0.1, -0.05) is 54.8 Å². The predicted octanol–water partition coefficient (Wildman–Crippen LogP) is -0.0286. The maximum atomic E-state index is 2.35. The number of fused-ring (bicyclic) bond motifs is 1. The SMILES string of the molecule is Cc1cc(C)cc(-c2cccc3[cH-]c(C(C)C)cc23)c1.[Cl-].[Cl-].[Zr+3]. The topological polar surface area (TPSA) is 0 Å². The Bertz CT molecular complexity index is 752. The van der Waals surface area contributed by atoms with Crippen LogP contribution >= 0.6 is 0 Å². The molecule has 0 aliphatic carbocycles. The number of halogens is 2. The number of benzene rings is 2. The summed E-state index contributed by atoms with van der Waals surface area (Å²) in [5.74, 6) is 0.578. The van der Waals surface area contributed by atoms with E-state index in [-0.39, 0.29) is 51.0 Å². The van der Waals surface area contributed by atoms with Crippen molar-refractivity contribution in [1.29, 1.82) is 0 Å². The number of rotatable bonds is 2. The Hall–Kier alpha value is -0.487. The van der Waals surface area contributed by atoms with E-state index in [1.165, 1.54) is 38.6 Å². The van der Waals surface area contributed by atoms with Crippen LogP contribution in [0.5, 0.6) is 0 Å². The molecule has 3 rings (SSSR count). The quantitative estimate of drug-likeness (QED) is 0.508. The van der Waals surface area contributed by atoms with E-state index < -0.39 is 0 Å². The van der Waals surface area contributed by atoms with Gasteiger partial charge in [-0.25, -0.2) is 0 Å². The van der Waals surface area contributed by atoms with E-state index in [0.717, 1.165) is 0 Å². The molecule has 3 aromatic carbocycles. The van der Waals surface area contributed by atoms with Crippen LogP contribution in [0.1, 0.15) is 36.5 Å². The fraction of sp³-hybridized carbons (Fsp3) is 0.250. The largest absolute Gasteiger partial charge is 3.00 e. The molecule has 0 bridgehead atoms. The first-order valence-corrected chi connectivity index (χ1v) is 7.32. The van der Waals surface area contributed by atoms with Gasteiger partial charge in [0.2, 0.25) is 0 Å². The standard InChI is InChI=1S/C20H21.2ClH.Zr/c1-13(2)17-11-16-6-5-7-19(20(16)12-17)18-9-14(3)8-15(4)10-18;;;/h5-13H,1-4H3;2*1H;/q-1;;;+3/p-2. The molecular formula is C20H21Cl2Zr. The Labute approximate surface area is 171 Å². The van der Waals surface area contributed by atoms with E-state index in [0.29, 0.717) is 5.92 Å². The van der Waals surface area contributed by atoms with E-state index in [2.05, 4.69) is 76.2 Å². The third kappa shape index (κ3) is 4.75. The molecule has 0 N–H and O–H groups in total. The van der Waals surface area contributed by atoms with Crippen molar-refractivity contribution in [3.05, 3.63) is 65.2 Å². The van der Waals surface area contributed by atoms with Crippen molar-refractivity contribution >= 4 is 10.8 Å². The Morgan fingerprint density at radius 3 is 2.04 bits per heavy atom. The van der Waals surface area contributed by atoms with E-state index in [1.54, 1.807) is 0 Å². The minimum absolute atomic E-state index is 0. The molecule has 1 radical (unpaired) electrons. The van der Waals surface area contributed by atoms with Gasteiger partial charge in [0, 0.05) is 0 Å². The van der Waals surface area contributed by atoms with Crippen LogP contribution in [-0.2, 0) is 26.2 Å². The average molecular weight is 424 g/mol. The molecule has 0 saturated heterocycles. The van der Waals surface area contributed by atoms with Crippen LogP contribution in [0.25, 0.3) is 21.9 Å². The van der Waals surface area contributed by atoms with E-state index >= 15 is 0 Å². The first-order chi connectivity index (χ1) is 9.54. The van der Waals surface area contributed by atoms with E-state index in [9.17, 15) is 0 Å². The smallest absolute Gasteiger partial charge is 1.00 e. The zero-order valence-electron chi connectivity index (χ0n) is 14.0. The van der Waals surface area contributed by atoms with Crippen molar-refractivity contribution in [2.75, 3.05) is 0 Å². The molecular weight excluding hydrogens is 402 g/mol. The molecule has 0 unspecified atom stereocenters. The van der Waals surface area contributed by atoms with Gasteiger partial charge in [-0.05, 0) is 25.3 Å². The molecule has 0 aliphatic rings. The molecule has 3 aromatic rings. The minimum atomic E-state index is 0. The van der Waals surface area contributed by atoms with Gasteiger partial charge in [0.05, 0.1) is 0 Å². The van der Waals surface area contributed by atoms with Crippen molar-refractivity contribution < 1.29 is 51.0 Å². The Morgan fingerprint density at radius 1 is 0.870 bits per heavy atom. The van der Waals surface area contributed by atoms with Gasteiger partial charge < -0.3 is 24.8 Å². The third-order valence-corrected chi connectivity index (χ3v) is 3.97. The van der Waals surface area contributed by atoms with Gasteiger partial charge in [0.15, 0.2) is 0 Å². The van der Waals surface area contributed by atoms with Gasteiger partial charge >= 0.3 is 26.2 Å². The molecule has 0 nitrogen and oxygen atoms in total. The van der Waals surface area contributed by atoms with Crippen molar-refractivity contribution in [1.82, 2.24) is 0 Å². The molecule has 0 aliphatic heterocycles. The molecule has 3 heteroatoms. The summed E-state index contributed by atoms with van der Waals surface area (Å²) >= 11 is 0. The molecule has 0 fully saturated rings. The molecule has 0 spiro atoms. The summed E-state index contributed by atoms with van der Waals surface area (Å²) in [4.78, 5) is 0.